The first-order valence-corrected chi connectivity index (χ1v) is 11.6. The van der Waals surface area contributed by atoms with Gasteiger partial charge in [-0.3, -0.25) is 4.79 Å². The van der Waals surface area contributed by atoms with Crippen LogP contribution in [0.4, 0.5) is 32.0 Å². The van der Waals surface area contributed by atoms with E-state index in [2.05, 4.69) is 24.5 Å². The van der Waals surface area contributed by atoms with Gasteiger partial charge in [0.1, 0.15) is 5.75 Å². The highest BCUT2D eigenvalue weighted by atomic mass is 19.4. The van der Waals surface area contributed by atoms with Crippen LogP contribution in [0.1, 0.15) is 30.9 Å². The molecule has 3 aromatic rings. The summed E-state index contributed by atoms with van der Waals surface area (Å²) in [5, 5.41) is 3.93. The number of anilines is 1. The van der Waals surface area contributed by atoms with Gasteiger partial charge in [0.25, 0.3) is 5.89 Å². The summed E-state index contributed by atoms with van der Waals surface area (Å²) in [4.78, 5) is 17.8. The molecule has 0 amide bonds. The molecule has 204 valence electrons. The largest absolute Gasteiger partial charge is 0.481 e. The van der Waals surface area contributed by atoms with Crippen LogP contribution in [0.5, 0.6) is 5.75 Å². The highest BCUT2D eigenvalue weighted by Gasteiger charge is 2.41. The summed E-state index contributed by atoms with van der Waals surface area (Å²) in [6, 6.07) is 8.02. The van der Waals surface area contributed by atoms with E-state index in [1.807, 2.05) is 6.07 Å². The highest BCUT2D eigenvalue weighted by molar-refractivity contribution is 5.74. The van der Waals surface area contributed by atoms with Crippen molar-refractivity contribution in [2.24, 2.45) is 0 Å². The first-order chi connectivity index (χ1) is 17.9. The lowest BCUT2D eigenvalue weighted by atomic mass is 10.0. The maximum Gasteiger partial charge on any atom is 0.425 e. The van der Waals surface area contributed by atoms with Crippen molar-refractivity contribution in [2.75, 3.05) is 25.1 Å². The fourth-order valence-corrected chi connectivity index (χ4v) is 4.15. The molecule has 0 radical (unpaired) electrons. The fourth-order valence-electron chi connectivity index (χ4n) is 4.15. The maximum absolute atomic E-state index is 13.6. The minimum Gasteiger partial charge on any atom is -0.481 e. The Bertz CT molecular complexity index is 1300. The molecule has 0 saturated carbocycles. The summed E-state index contributed by atoms with van der Waals surface area (Å²) < 4.78 is 93.9. The summed E-state index contributed by atoms with van der Waals surface area (Å²) >= 11 is 0. The van der Waals surface area contributed by atoms with Crippen LogP contribution >= 0.6 is 0 Å². The molecule has 1 aliphatic heterocycles. The summed E-state index contributed by atoms with van der Waals surface area (Å²) in [5.41, 5.74) is 0.981. The zero-order valence-electron chi connectivity index (χ0n) is 20.3. The number of carbonyl (C=O) groups excluding carboxylic acids is 1. The van der Waals surface area contributed by atoms with E-state index in [-0.39, 0.29) is 29.7 Å². The van der Waals surface area contributed by atoms with Crippen LogP contribution in [0.25, 0.3) is 22.8 Å². The molecule has 0 fully saturated rings. The second kappa shape index (κ2) is 10.5. The molecule has 1 aromatic heterocycles. The van der Waals surface area contributed by atoms with Crippen molar-refractivity contribution in [2.45, 2.75) is 44.6 Å². The molecule has 2 aromatic carbocycles. The van der Waals surface area contributed by atoms with Gasteiger partial charge in [-0.1, -0.05) is 17.3 Å². The molecule has 0 spiro atoms. The van der Waals surface area contributed by atoms with E-state index in [1.54, 1.807) is 12.1 Å². The van der Waals surface area contributed by atoms with Gasteiger partial charge in [-0.25, -0.2) is 0 Å². The summed E-state index contributed by atoms with van der Waals surface area (Å²) in [6.07, 6.45) is -10.7. The van der Waals surface area contributed by atoms with Crippen LogP contribution in [0.15, 0.2) is 40.9 Å². The van der Waals surface area contributed by atoms with Gasteiger partial charge >= 0.3 is 18.3 Å². The zero-order valence-corrected chi connectivity index (χ0v) is 20.3. The number of rotatable bonds is 8. The smallest absolute Gasteiger partial charge is 0.425 e. The molecule has 0 saturated heterocycles. The predicted molar refractivity (Wildman–Crippen MR) is 123 cm³/mol. The topological polar surface area (TPSA) is 77.7 Å². The Morgan fingerprint density at radius 3 is 2.61 bits per heavy atom. The van der Waals surface area contributed by atoms with Gasteiger partial charge in [0.05, 0.1) is 12.7 Å². The Balaban J connectivity index is 1.59. The van der Waals surface area contributed by atoms with E-state index in [4.69, 9.17) is 4.52 Å². The van der Waals surface area contributed by atoms with E-state index in [9.17, 15) is 31.1 Å². The lowest BCUT2D eigenvalue weighted by molar-refractivity contribution is -0.191. The van der Waals surface area contributed by atoms with Crippen LogP contribution in [0.2, 0.25) is 0 Å². The quantitative estimate of drug-likeness (QED) is 0.252. The van der Waals surface area contributed by atoms with Gasteiger partial charge < -0.3 is 18.9 Å². The average molecular weight is 543 g/mol. The first-order valence-electron chi connectivity index (χ1n) is 11.6. The fraction of sp³-hybridized carbons (Fsp3) is 0.400. The molecule has 1 unspecified atom stereocenters. The third-order valence-electron chi connectivity index (χ3n) is 6.12. The molecule has 1 aliphatic rings. The molecule has 2 heterocycles. The molecule has 7 nitrogen and oxygen atoms in total. The van der Waals surface area contributed by atoms with Crippen LogP contribution in [0.3, 0.4) is 0 Å². The van der Waals surface area contributed by atoms with Gasteiger partial charge in [0.2, 0.25) is 5.82 Å². The molecule has 0 N–H and O–H groups in total. The van der Waals surface area contributed by atoms with Crippen molar-refractivity contribution in [3.8, 4) is 28.6 Å². The Hall–Kier alpha value is -3.77. The molecular formula is C25H23F6N3O4. The third kappa shape index (κ3) is 5.86. The van der Waals surface area contributed by atoms with Gasteiger partial charge in [-0.05, 0) is 49.6 Å². The van der Waals surface area contributed by atoms with Crippen molar-refractivity contribution in [1.29, 1.82) is 0 Å². The second-order valence-electron chi connectivity index (χ2n) is 8.65. The van der Waals surface area contributed by atoms with Crippen molar-refractivity contribution in [3.63, 3.8) is 0 Å². The number of aromatic nitrogens is 2. The Labute approximate surface area is 213 Å². The van der Waals surface area contributed by atoms with E-state index >= 15 is 0 Å². The van der Waals surface area contributed by atoms with Crippen LogP contribution in [-0.2, 0) is 22.1 Å². The molecule has 13 heteroatoms. The monoisotopic (exact) mass is 543 g/mol. The van der Waals surface area contributed by atoms with E-state index in [0.717, 1.165) is 23.4 Å². The van der Waals surface area contributed by atoms with Crippen molar-refractivity contribution >= 4 is 11.7 Å². The van der Waals surface area contributed by atoms with Gasteiger partial charge in [-0.2, -0.15) is 31.3 Å². The highest BCUT2D eigenvalue weighted by Crippen LogP contribution is 2.41. The van der Waals surface area contributed by atoms with Gasteiger partial charge in [0, 0.05) is 36.3 Å². The number of alkyl halides is 6. The number of benzene rings is 2. The minimum absolute atomic E-state index is 0.125. The van der Waals surface area contributed by atoms with Crippen molar-refractivity contribution in [3.05, 3.63) is 47.5 Å². The zero-order chi connectivity index (χ0) is 27.7. The van der Waals surface area contributed by atoms with E-state index in [1.165, 1.54) is 7.11 Å². The van der Waals surface area contributed by atoms with Crippen LogP contribution < -0.4 is 9.64 Å². The number of hydrogen-bond donors (Lipinski definition) is 0. The lowest BCUT2D eigenvalue weighted by Gasteiger charge is -2.20. The van der Waals surface area contributed by atoms with Gasteiger partial charge in [0.15, 0.2) is 6.10 Å². The SMILES string of the molecule is COC(=O)CCCN1CCc2c(-c3noc(-c4ccc(OC(C)C(F)(F)F)c(C(F)(F)F)c4)n3)cccc21. The Morgan fingerprint density at radius 2 is 1.92 bits per heavy atom. The van der Waals surface area contributed by atoms with Crippen molar-refractivity contribution < 1.29 is 45.1 Å². The molecule has 1 atom stereocenters. The number of fused-ring (bicyclic) bond motifs is 1. The minimum atomic E-state index is -4.99. The third-order valence-corrected chi connectivity index (χ3v) is 6.12. The summed E-state index contributed by atoms with van der Waals surface area (Å²) in [7, 11) is 1.33. The number of halogens is 6. The Morgan fingerprint density at radius 1 is 1.16 bits per heavy atom. The number of methoxy groups -OCH3 is 1. The molecule has 38 heavy (non-hydrogen) atoms. The Kier molecular flexibility index (Phi) is 7.56. The molecule has 0 aliphatic carbocycles. The van der Waals surface area contributed by atoms with E-state index < -0.39 is 29.8 Å². The number of nitrogens with zero attached hydrogens (tertiary/aromatic N) is 3. The van der Waals surface area contributed by atoms with Crippen LogP contribution in [-0.4, -0.2) is 48.6 Å². The number of ether oxygens (including phenoxy) is 2. The van der Waals surface area contributed by atoms with Gasteiger partial charge in [-0.15, -0.1) is 0 Å². The second-order valence-corrected chi connectivity index (χ2v) is 8.65. The molecular weight excluding hydrogens is 520 g/mol. The first kappa shape index (κ1) is 27.3. The molecule has 4 rings (SSSR count). The standard InChI is InChI=1S/C25H23F6N3O4/c1-14(24(26,27)28)37-20-9-8-15(13-18(20)25(29,30)31)23-32-22(33-38-23)17-5-3-6-19-16(17)10-12-34(19)11-4-7-21(35)36-2/h3,5-6,8-9,13-14H,4,7,10-12H2,1-2H3. The van der Waals surface area contributed by atoms with Crippen molar-refractivity contribution in [1.82, 2.24) is 10.1 Å². The molecule has 0 bridgehead atoms. The maximum atomic E-state index is 13.6. The summed E-state index contributed by atoms with van der Waals surface area (Å²) in [6.45, 7) is 1.95. The predicted octanol–water partition coefficient (Wildman–Crippen LogP) is 6.07. The van der Waals surface area contributed by atoms with Crippen LogP contribution in [0, 0.1) is 0 Å². The normalized spacial score (nSPS) is 14.4. The number of hydrogen-bond acceptors (Lipinski definition) is 7. The lowest BCUT2D eigenvalue weighted by Crippen LogP contribution is -2.31. The number of carbonyl (C=O) groups is 1. The summed E-state index contributed by atoms with van der Waals surface area (Å²) in [5.74, 6) is -1.32. The number of esters is 1. The average Bonchev–Trinajstić information content (AvgIpc) is 3.50. The van der Waals surface area contributed by atoms with E-state index in [0.29, 0.717) is 44.5 Å².